The van der Waals surface area contributed by atoms with Crippen molar-refractivity contribution in [3.05, 3.63) is 35.4 Å². The summed E-state index contributed by atoms with van der Waals surface area (Å²) in [6.45, 7) is 1.56. The van der Waals surface area contributed by atoms with Gasteiger partial charge in [-0.3, -0.25) is 9.59 Å². The summed E-state index contributed by atoms with van der Waals surface area (Å²) < 4.78 is 0. The van der Waals surface area contributed by atoms with Crippen LogP contribution in [0, 0.1) is 0 Å². The highest BCUT2D eigenvalue weighted by Crippen LogP contribution is 2.12. The number of carbonyl (C=O) groups is 2. The number of nitrogens with zero attached hydrogens (tertiary/aromatic N) is 1. The Morgan fingerprint density at radius 2 is 2.05 bits per heavy atom. The van der Waals surface area contributed by atoms with Crippen molar-refractivity contribution in [3.8, 4) is 0 Å². The maximum Gasteiger partial charge on any atom is 0.248 e. The molecular weight excluding hydrogens is 254 g/mol. The predicted octanol–water partition coefficient (Wildman–Crippen LogP) is 0.886. The predicted molar refractivity (Wildman–Crippen MR) is 77.1 cm³/mol. The Labute approximate surface area is 119 Å². The van der Waals surface area contributed by atoms with E-state index in [1.165, 1.54) is 0 Å². The molecule has 1 saturated heterocycles. The highest BCUT2D eigenvalue weighted by Gasteiger charge is 2.19. The molecule has 0 saturated carbocycles. The molecule has 0 bridgehead atoms. The molecule has 2 amide bonds. The summed E-state index contributed by atoms with van der Waals surface area (Å²) in [6.07, 6.45) is 2.78. The molecule has 5 heteroatoms. The minimum atomic E-state index is -0.437. The van der Waals surface area contributed by atoms with Crippen molar-refractivity contribution in [1.29, 1.82) is 0 Å². The van der Waals surface area contributed by atoms with Gasteiger partial charge in [0.25, 0.3) is 0 Å². The van der Waals surface area contributed by atoms with Gasteiger partial charge in [-0.15, -0.1) is 0 Å². The third kappa shape index (κ3) is 3.81. The second-order valence-corrected chi connectivity index (χ2v) is 5.31. The van der Waals surface area contributed by atoms with Gasteiger partial charge in [-0.1, -0.05) is 12.1 Å². The van der Waals surface area contributed by atoms with E-state index in [-0.39, 0.29) is 5.91 Å². The summed E-state index contributed by atoms with van der Waals surface area (Å²) in [5.41, 5.74) is 6.67. The normalized spacial score (nSPS) is 17.9. The smallest absolute Gasteiger partial charge is 0.248 e. The summed E-state index contributed by atoms with van der Waals surface area (Å²) in [5.74, 6) is -0.295. The summed E-state index contributed by atoms with van der Waals surface area (Å²) in [6, 6.07) is 7.36. The molecule has 1 aromatic rings. The average molecular weight is 275 g/mol. The molecule has 1 aromatic carbocycles. The minimum Gasteiger partial charge on any atom is -0.366 e. The number of primary amides is 1. The van der Waals surface area contributed by atoms with E-state index in [9.17, 15) is 9.59 Å². The third-order valence-electron chi connectivity index (χ3n) is 3.67. The second kappa shape index (κ2) is 6.52. The van der Waals surface area contributed by atoms with Crippen molar-refractivity contribution in [1.82, 2.24) is 10.2 Å². The molecule has 0 radical (unpaired) electrons. The van der Waals surface area contributed by atoms with Gasteiger partial charge in [0.1, 0.15) is 0 Å². The van der Waals surface area contributed by atoms with Crippen molar-refractivity contribution < 1.29 is 9.59 Å². The average Bonchev–Trinajstić information content (AvgIpc) is 2.92. The number of rotatable bonds is 5. The van der Waals surface area contributed by atoms with Gasteiger partial charge in [-0.05, 0) is 37.1 Å². The molecule has 1 fully saturated rings. The number of nitrogens with two attached hydrogens (primary N) is 1. The lowest BCUT2D eigenvalue weighted by molar-refractivity contribution is -0.130. The van der Waals surface area contributed by atoms with E-state index in [2.05, 4.69) is 5.32 Å². The van der Waals surface area contributed by atoms with Crippen LogP contribution in [-0.4, -0.2) is 36.3 Å². The number of amides is 2. The van der Waals surface area contributed by atoms with Gasteiger partial charge in [0.2, 0.25) is 11.8 Å². The molecule has 0 aliphatic carbocycles. The largest absolute Gasteiger partial charge is 0.366 e. The zero-order chi connectivity index (χ0) is 14.5. The van der Waals surface area contributed by atoms with Crippen LogP contribution in [0.15, 0.2) is 24.3 Å². The number of nitrogens with one attached hydrogen (secondary N) is 1. The first kappa shape index (κ1) is 14.5. The fourth-order valence-corrected chi connectivity index (χ4v) is 2.43. The maximum atomic E-state index is 12.1. The standard InChI is InChI=1S/C15H21N3O2/c1-18(14(19)9-13-3-2-8-17-13)10-11-4-6-12(7-5-11)15(16)20/h4-7,13,17H,2-3,8-10H2,1H3,(H2,16,20). The monoisotopic (exact) mass is 275 g/mol. The van der Waals surface area contributed by atoms with Crippen LogP contribution in [0.5, 0.6) is 0 Å². The van der Waals surface area contributed by atoms with Crippen LogP contribution in [0.2, 0.25) is 0 Å². The number of hydrogen-bond acceptors (Lipinski definition) is 3. The van der Waals surface area contributed by atoms with Crippen LogP contribution in [0.25, 0.3) is 0 Å². The first-order valence-electron chi connectivity index (χ1n) is 6.92. The Bertz CT molecular complexity index is 478. The molecule has 20 heavy (non-hydrogen) atoms. The Hall–Kier alpha value is -1.88. The van der Waals surface area contributed by atoms with Crippen LogP contribution in [-0.2, 0) is 11.3 Å². The lowest BCUT2D eigenvalue weighted by atomic mass is 10.1. The van der Waals surface area contributed by atoms with Crippen LogP contribution in [0.4, 0.5) is 0 Å². The molecule has 1 aliphatic rings. The molecule has 1 unspecified atom stereocenters. The second-order valence-electron chi connectivity index (χ2n) is 5.31. The third-order valence-corrected chi connectivity index (χ3v) is 3.67. The van der Waals surface area contributed by atoms with Gasteiger partial charge in [-0.2, -0.15) is 0 Å². The van der Waals surface area contributed by atoms with E-state index < -0.39 is 5.91 Å². The molecule has 108 valence electrons. The maximum absolute atomic E-state index is 12.1. The van der Waals surface area contributed by atoms with Crippen molar-refractivity contribution in [2.24, 2.45) is 5.73 Å². The van der Waals surface area contributed by atoms with Crippen LogP contribution >= 0.6 is 0 Å². The first-order chi connectivity index (χ1) is 9.56. The zero-order valence-electron chi connectivity index (χ0n) is 11.8. The summed E-state index contributed by atoms with van der Waals surface area (Å²) in [4.78, 5) is 24.8. The SMILES string of the molecule is CN(Cc1ccc(C(N)=O)cc1)C(=O)CC1CCCN1. The molecule has 1 aliphatic heterocycles. The summed E-state index contributed by atoms with van der Waals surface area (Å²) in [7, 11) is 1.80. The van der Waals surface area contributed by atoms with Crippen LogP contribution < -0.4 is 11.1 Å². The Kier molecular flexibility index (Phi) is 4.74. The van der Waals surface area contributed by atoms with E-state index in [1.807, 2.05) is 12.1 Å². The van der Waals surface area contributed by atoms with E-state index in [0.29, 0.717) is 24.6 Å². The van der Waals surface area contributed by atoms with E-state index in [1.54, 1.807) is 24.1 Å². The van der Waals surface area contributed by atoms with Gasteiger partial charge in [-0.25, -0.2) is 0 Å². The van der Waals surface area contributed by atoms with Crippen molar-refractivity contribution >= 4 is 11.8 Å². The first-order valence-corrected chi connectivity index (χ1v) is 6.92. The molecule has 5 nitrogen and oxygen atoms in total. The van der Waals surface area contributed by atoms with Gasteiger partial charge in [0, 0.05) is 31.6 Å². The molecular formula is C15H21N3O2. The van der Waals surface area contributed by atoms with E-state index in [0.717, 1.165) is 24.9 Å². The molecule has 0 aromatic heterocycles. The summed E-state index contributed by atoms with van der Waals surface area (Å²) in [5, 5.41) is 3.33. The number of carbonyl (C=O) groups excluding carboxylic acids is 2. The molecule has 0 spiro atoms. The highest BCUT2D eigenvalue weighted by molar-refractivity contribution is 5.92. The van der Waals surface area contributed by atoms with E-state index in [4.69, 9.17) is 5.73 Å². The van der Waals surface area contributed by atoms with Gasteiger partial charge < -0.3 is 16.0 Å². The fraction of sp³-hybridized carbons (Fsp3) is 0.467. The van der Waals surface area contributed by atoms with Crippen molar-refractivity contribution in [2.75, 3.05) is 13.6 Å². The fourth-order valence-electron chi connectivity index (χ4n) is 2.43. The van der Waals surface area contributed by atoms with E-state index >= 15 is 0 Å². The van der Waals surface area contributed by atoms with Crippen molar-refractivity contribution in [2.45, 2.75) is 31.8 Å². The lowest BCUT2D eigenvalue weighted by Gasteiger charge is -2.19. The van der Waals surface area contributed by atoms with Crippen molar-refractivity contribution in [3.63, 3.8) is 0 Å². The number of hydrogen-bond donors (Lipinski definition) is 2. The van der Waals surface area contributed by atoms with Gasteiger partial charge >= 0.3 is 0 Å². The highest BCUT2D eigenvalue weighted by atomic mass is 16.2. The Balaban J connectivity index is 1.87. The zero-order valence-corrected chi connectivity index (χ0v) is 11.8. The molecule has 1 atom stereocenters. The topological polar surface area (TPSA) is 75.4 Å². The molecule has 3 N–H and O–H groups in total. The molecule has 2 rings (SSSR count). The Morgan fingerprint density at radius 3 is 2.60 bits per heavy atom. The quantitative estimate of drug-likeness (QED) is 0.838. The van der Waals surface area contributed by atoms with Crippen LogP contribution in [0.3, 0.4) is 0 Å². The lowest BCUT2D eigenvalue weighted by Crippen LogP contribution is -2.33. The molecule has 1 heterocycles. The minimum absolute atomic E-state index is 0.142. The van der Waals surface area contributed by atoms with Gasteiger partial charge in [0.05, 0.1) is 0 Å². The van der Waals surface area contributed by atoms with Crippen LogP contribution in [0.1, 0.15) is 35.2 Å². The Morgan fingerprint density at radius 1 is 1.35 bits per heavy atom. The van der Waals surface area contributed by atoms with Gasteiger partial charge in [0.15, 0.2) is 0 Å². The summed E-state index contributed by atoms with van der Waals surface area (Å²) >= 11 is 0. The number of benzene rings is 1.